The molecule has 2 N–H and O–H groups in total. The number of hydrogen-bond acceptors (Lipinski definition) is 12. The van der Waals surface area contributed by atoms with E-state index in [1.165, 1.54) is 0 Å². The van der Waals surface area contributed by atoms with E-state index in [0.717, 1.165) is 0 Å². The van der Waals surface area contributed by atoms with Gasteiger partial charge in [0.2, 0.25) is 0 Å². The van der Waals surface area contributed by atoms with Crippen LogP contribution in [0.4, 0.5) is 52.7 Å². The third-order valence-electron chi connectivity index (χ3n) is 1.13. The van der Waals surface area contributed by atoms with E-state index in [1.807, 2.05) is 0 Å². The average Bonchev–Trinajstić information content (AvgIpc) is 2.30. The summed E-state index contributed by atoms with van der Waals surface area (Å²) >= 11 is 0. The van der Waals surface area contributed by atoms with Crippen LogP contribution in [0.15, 0.2) is 0 Å². The summed E-state index contributed by atoms with van der Waals surface area (Å²) in [6.45, 7) is 0. The maximum absolute atomic E-state index is 10.7. The van der Waals surface area contributed by atoms with Crippen LogP contribution >= 0.6 is 0 Å². The predicted octanol–water partition coefficient (Wildman–Crippen LogP) is -0.622. The Kier molecular flexibility index (Phi) is 19.9. The summed E-state index contributed by atoms with van der Waals surface area (Å²) in [6, 6.07) is 0. The van der Waals surface area contributed by atoms with Gasteiger partial charge < -0.3 is 23.7 Å². The molecule has 0 radical (unpaired) electrons. The van der Waals surface area contributed by atoms with Gasteiger partial charge in [-0.2, -0.15) is 52.7 Å². The van der Waals surface area contributed by atoms with Crippen LogP contribution in [0, 0.1) is 0 Å². The molecule has 0 unspecified atom stereocenters. The Balaban J connectivity index is -0.0000000754. The summed E-state index contributed by atoms with van der Waals surface area (Å²) in [7, 11) is -24.4. The molecule has 34 heavy (non-hydrogen) atoms. The second-order valence-corrected chi connectivity index (χ2v) is 9.08. The first-order valence-corrected chi connectivity index (χ1v) is 10.7. The Morgan fingerprint density at radius 2 is 0.382 bits per heavy atom. The van der Waals surface area contributed by atoms with Gasteiger partial charge in [0.15, 0.2) is 40.5 Å². The zero-order valence-electron chi connectivity index (χ0n) is 14.1. The van der Waals surface area contributed by atoms with Crippen molar-refractivity contribution in [1.82, 2.24) is 0 Å². The molecule has 0 aromatic heterocycles. The molecule has 0 aliphatic carbocycles. The topological polar surface area (TPSA) is 260 Å². The maximum Gasteiger partial charge on any atom is 0.485 e. The van der Waals surface area contributed by atoms with Crippen molar-refractivity contribution in [2.24, 2.45) is 0 Å². The van der Waals surface area contributed by atoms with Gasteiger partial charge in [0.1, 0.15) is 0 Å². The van der Waals surface area contributed by atoms with Gasteiger partial charge in [0.25, 0.3) is 0 Å². The maximum atomic E-state index is 10.7. The van der Waals surface area contributed by atoms with Crippen LogP contribution in [0.3, 0.4) is 0 Å². The van der Waals surface area contributed by atoms with E-state index in [1.54, 1.807) is 0 Å². The van der Waals surface area contributed by atoms with E-state index in [2.05, 4.69) is 0 Å². The van der Waals surface area contributed by atoms with E-state index in [9.17, 15) is 52.7 Å². The molecule has 0 atom stereocenters. The van der Waals surface area contributed by atoms with Crippen molar-refractivity contribution in [3.63, 3.8) is 0 Å². The molecule has 0 rings (SSSR count). The first-order chi connectivity index (χ1) is 13.0. The number of alkyl halides is 12. The number of hydrogen-bond donors (Lipinski definition) is 0. The molecule has 0 fully saturated rings. The van der Waals surface area contributed by atoms with E-state index < -0.39 is 62.5 Å². The van der Waals surface area contributed by atoms with Crippen molar-refractivity contribution >= 4 is 40.5 Å². The predicted molar refractivity (Wildman–Crippen MR) is 66.6 cm³/mol. The summed E-state index contributed by atoms with van der Waals surface area (Å²) in [5.74, 6) is 0. The van der Waals surface area contributed by atoms with Crippen molar-refractivity contribution < 1.29 is 136 Å². The van der Waals surface area contributed by atoms with Crippen molar-refractivity contribution in [2.45, 2.75) is 22.0 Å². The fraction of sp³-hybridized carbons (Fsp3) is 1.00. The van der Waals surface area contributed by atoms with Gasteiger partial charge in [-0.05, 0) is 0 Å². The monoisotopic (exact) mass is 794 g/mol. The Hall–Kier alpha value is -0.370. The summed E-state index contributed by atoms with van der Waals surface area (Å²) in [5.41, 5.74) is -22.6. The van der Waals surface area contributed by atoms with Crippen molar-refractivity contribution in [3.8, 4) is 0 Å². The quantitative estimate of drug-likeness (QED) is 0.129. The molecule has 0 bridgehead atoms. The van der Waals surface area contributed by atoms with Crippen LogP contribution in [-0.4, -0.2) is 79.4 Å². The summed E-state index contributed by atoms with van der Waals surface area (Å²) < 4.78 is 236. The van der Waals surface area contributed by atoms with Gasteiger partial charge in [-0.1, -0.05) is 0 Å². The molecule has 0 aliphatic heterocycles. The van der Waals surface area contributed by atoms with Crippen LogP contribution < -0.4 is 0 Å². The van der Waals surface area contributed by atoms with E-state index in [-0.39, 0.29) is 31.3 Å². The third kappa shape index (κ3) is 23.4. The summed E-state index contributed by atoms with van der Waals surface area (Å²) in [6.07, 6.45) is 0. The SMILES string of the molecule is O.O=S(=O)([O-])C(F)(F)F.O=S(=O)([O-])C(F)(F)F.O=S(=O)([O-])C(F)(F)F.O=S(=O)([O-])C(F)(F)F.[Hf]. The van der Waals surface area contributed by atoms with E-state index in [0.29, 0.717) is 0 Å². The molecule has 0 aromatic carbocycles. The van der Waals surface area contributed by atoms with Gasteiger partial charge in [-0.3, -0.25) is 0 Å². The van der Waals surface area contributed by atoms with Crippen molar-refractivity contribution in [3.05, 3.63) is 0 Å². The molecule has 212 valence electrons. The normalized spacial score (nSPS) is 13.2. The summed E-state index contributed by atoms with van der Waals surface area (Å²) in [4.78, 5) is 0. The Bertz CT molecular complexity index is 830. The zero-order chi connectivity index (χ0) is 28.0. The molecule has 0 saturated heterocycles. The average molecular weight is 793 g/mol. The van der Waals surface area contributed by atoms with Crippen molar-refractivity contribution in [2.75, 3.05) is 0 Å². The third-order valence-corrected chi connectivity index (χ3v) is 3.40. The van der Waals surface area contributed by atoms with E-state index >= 15 is 0 Å². The molecular weight excluding hydrogens is 791 g/mol. The van der Waals surface area contributed by atoms with Crippen LogP contribution in [0.1, 0.15) is 0 Å². The van der Waals surface area contributed by atoms with Gasteiger partial charge in [0, 0.05) is 25.8 Å². The molecule has 0 spiro atoms. The largest absolute Gasteiger partial charge is 0.741 e. The Morgan fingerprint density at radius 3 is 0.382 bits per heavy atom. The molecule has 0 aliphatic rings. The fourth-order valence-corrected chi connectivity index (χ4v) is 0. The molecular formula is C4H2F12HfO13S4-4. The fourth-order valence-electron chi connectivity index (χ4n) is 0. The molecule has 0 amide bonds. The van der Waals surface area contributed by atoms with Crippen LogP contribution in [-0.2, 0) is 66.3 Å². The van der Waals surface area contributed by atoms with Gasteiger partial charge in [-0.25, -0.2) is 33.7 Å². The molecule has 0 saturated carbocycles. The van der Waals surface area contributed by atoms with Crippen molar-refractivity contribution in [1.29, 1.82) is 0 Å². The smallest absolute Gasteiger partial charge is 0.485 e. The van der Waals surface area contributed by atoms with Crippen LogP contribution in [0.5, 0.6) is 0 Å². The standard InChI is InChI=1S/4CHF3O3S.Hf.H2O/c4*2-1(3,4)8(5,6)7;;/h4*(H,5,6,7);;1H2/p-4. The number of rotatable bonds is 0. The first-order valence-electron chi connectivity index (χ1n) is 5.08. The molecule has 13 nitrogen and oxygen atoms in total. The summed E-state index contributed by atoms with van der Waals surface area (Å²) in [5, 5.41) is 0. The van der Waals surface area contributed by atoms with Crippen LogP contribution in [0.25, 0.3) is 0 Å². The minimum absolute atomic E-state index is 0. The minimum Gasteiger partial charge on any atom is -0.741 e. The van der Waals surface area contributed by atoms with Gasteiger partial charge >= 0.3 is 22.0 Å². The van der Waals surface area contributed by atoms with Gasteiger partial charge in [0.05, 0.1) is 0 Å². The van der Waals surface area contributed by atoms with Gasteiger partial charge in [-0.15, -0.1) is 0 Å². The molecule has 0 heterocycles. The number of halogens is 12. The molecule has 0 aromatic rings. The van der Waals surface area contributed by atoms with E-state index in [4.69, 9.17) is 51.9 Å². The minimum atomic E-state index is -6.09. The molecule has 30 heteroatoms. The Labute approximate surface area is 198 Å². The first kappa shape index (κ1) is 46.9. The second-order valence-electron chi connectivity index (χ2n) is 3.60. The zero-order valence-corrected chi connectivity index (χ0v) is 20.9. The second kappa shape index (κ2) is 14.4. The Morgan fingerprint density at radius 1 is 0.353 bits per heavy atom. The van der Waals surface area contributed by atoms with Crippen LogP contribution in [0.2, 0.25) is 0 Å².